The number of hydrogen-bond donors (Lipinski definition) is 1. The molecule has 0 aliphatic heterocycles. The first-order chi connectivity index (χ1) is 8.58. The van der Waals surface area contributed by atoms with Crippen molar-refractivity contribution in [3.63, 3.8) is 0 Å². The van der Waals surface area contributed by atoms with Gasteiger partial charge in [-0.3, -0.25) is 9.89 Å². The Balaban J connectivity index is 2.11. The molecular weight excluding hydrogens is 228 g/mol. The van der Waals surface area contributed by atoms with E-state index in [9.17, 15) is 4.79 Å². The third kappa shape index (κ3) is 2.56. The number of nitrogens with zero attached hydrogens (tertiary/aromatic N) is 3. The normalized spacial score (nSPS) is 10.4. The molecule has 2 aromatic rings. The average molecular weight is 244 g/mol. The maximum atomic E-state index is 12.0. The van der Waals surface area contributed by atoms with Crippen LogP contribution in [0.15, 0.2) is 24.5 Å². The van der Waals surface area contributed by atoms with Crippen LogP contribution in [0.3, 0.4) is 0 Å². The van der Waals surface area contributed by atoms with Crippen molar-refractivity contribution in [3.05, 3.63) is 47.0 Å². The second kappa shape index (κ2) is 5.00. The third-order valence-corrected chi connectivity index (χ3v) is 2.87. The van der Waals surface area contributed by atoms with E-state index in [-0.39, 0.29) is 11.7 Å². The molecule has 0 aliphatic rings. The molecule has 0 fully saturated rings. The molecule has 5 nitrogen and oxygen atoms in total. The molecule has 2 rings (SSSR count). The molecule has 0 saturated carbocycles. The molecule has 0 spiro atoms. The van der Waals surface area contributed by atoms with Crippen LogP contribution in [0.1, 0.15) is 27.3 Å². The summed E-state index contributed by atoms with van der Waals surface area (Å²) in [5, 5.41) is 6.25. The van der Waals surface area contributed by atoms with Crippen LogP contribution in [-0.2, 0) is 6.54 Å². The minimum atomic E-state index is -0.160. The summed E-state index contributed by atoms with van der Waals surface area (Å²) in [6.07, 6.45) is 1.33. The van der Waals surface area contributed by atoms with Gasteiger partial charge < -0.3 is 4.90 Å². The smallest absolute Gasteiger partial charge is 0.291 e. The number of carbonyl (C=O) groups is 1. The summed E-state index contributed by atoms with van der Waals surface area (Å²) in [6, 6.07) is 6.21. The summed E-state index contributed by atoms with van der Waals surface area (Å²) >= 11 is 0. The molecule has 1 aromatic heterocycles. The van der Waals surface area contributed by atoms with Gasteiger partial charge in [0.2, 0.25) is 5.82 Å². The van der Waals surface area contributed by atoms with Gasteiger partial charge in [0.1, 0.15) is 6.33 Å². The Morgan fingerprint density at radius 2 is 2.17 bits per heavy atom. The van der Waals surface area contributed by atoms with E-state index < -0.39 is 0 Å². The summed E-state index contributed by atoms with van der Waals surface area (Å²) in [5.41, 5.74) is 3.55. The highest BCUT2D eigenvalue weighted by Crippen LogP contribution is 2.13. The van der Waals surface area contributed by atoms with Gasteiger partial charge in [-0.15, -0.1) is 0 Å². The largest absolute Gasteiger partial charge is 0.335 e. The topological polar surface area (TPSA) is 61.9 Å². The molecule has 0 atom stereocenters. The van der Waals surface area contributed by atoms with Gasteiger partial charge in [0.25, 0.3) is 5.91 Å². The van der Waals surface area contributed by atoms with E-state index in [0.29, 0.717) is 6.54 Å². The van der Waals surface area contributed by atoms with Crippen LogP contribution < -0.4 is 0 Å². The van der Waals surface area contributed by atoms with Crippen molar-refractivity contribution in [3.8, 4) is 0 Å². The van der Waals surface area contributed by atoms with Crippen LogP contribution in [0, 0.1) is 13.8 Å². The molecule has 0 bridgehead atoms. The van der Waals surface area contributed by atoms with Crippen molar-refractivity contribution in [2.45, 2.75) is 20.4 Å². The first kappa shape index (κ1) is 12.3. The fraction of sp³-hybridized carbons (Fsp3) is 0.308. The van der Waals surface area contributed by atoms with Crippen LogP contribution >= 0.6 is 0 Å². The van der Waals surface area contributed by atoms with Gasteiger partial charge >= 0.3 is 0 Å². The molecule has 0 radical (unpaired) electrons. The Kier molecular flexibility index (Phi) is 3.41. The predicted molar refractivity (Wildman–Crippen MR) is 68.1 cm³/mol. The van der Waals surface area contributed by atoms with Crippen LogP contribution in [0.2, 0.25) is 0 Å². The van der Waals surface area contributed by atoms with Gasteiger partial charge in [-0.2, -0.15) is 5.10 Å². The van der Waals surface area contributed by atoms with Crippen LogP contribution in [0.5, 0.6) is 0 Å². The lowest BCUT2D eigenvalue weighted by Gasteiger charge is -2.17. The molecule has 0 aliphatic carbocycles. The SMILES string of the molecule is Cc1ccc(CN(C)C(=O)c2ncn[nH]2)c(C)c1. The molecule has 0 unspecified atom stereocenters. The van der Waals surface area contributed by atoms with E-state index in [1.54, 1.807) is 11.9 Å². The fourth-order valence-corrected chi connectivity index (χ4v) is 1.84. The number of carbonyl (C=O) groups excluding carboxylic acids is 1. The van der Waals surface area contributed by atoms with Gasteiger partial charge in [0.15, 0.2) is 0 Å². The third-order valence-electron chi connectivity index (χ3n) is 2.87. The highest BCUT2D eigenvalue weighted by molar-refractivity contribution is 5.90. The summed E-state index contributed by atoms with van der Waals surface area (Å²) in [4.78, 5) is 17.5. The molecule has 1 heterocycles. The number of aromatic nitrogens is 3. The number of aromatic amines is 1. The summed E-state index contributed by atoms with van der Waals surface area (Å²) in [7, 11) is 1.75. The molecular formula is C13H16N4O. The molecule has 1 N–H and O–H groups in total. The second-order valence-electron chi connectivity index (χ2n) is 4.43. The number of benzene rings is 1. The quantitative estimate of drug-likeness (QED) is 0.893. The predicted octanol–water partition coefficient (Wildman–Crippen LogP) is 1.69. The molecule has 18 heavy (non-hydrogen) atoms. The van der Waals surface area contributed by atoms with Crippen LogP contribution in [0.4, 0.5) is 0 Å². The summed E-state index contributed by atoms with van der Waals surface area (Å²) in [6.45, 7) is 4.67. The van der Waals surface area contributed by atoms with Crippen molar-refractivity contribution >= 4 is 5.91 Å². The second-order valence-corrected chi connectivity index (χ2v) is 4.43. The number of nitrogens with one attached hydrogen (secondary N) is 1. The maximum Gasteiger partial charge on any atom is 0.291 e. The lowest BCUT2D eigenvalue weighted by molar-refractivity contribution is 0.0773. The highest BCUT2D eigenvalue weighted by atomic mass is 16.2. The van der Waals surface area contributed by atoms with Crippen molar-refractivity contribution in [1.82, 2.24) is 20.1 Å². The lowest BCUT2D eigenvalue weighted by Crippen LogP contribution is -2.27. The Labute approximate surface area is 106 Å². The number of aryl methyl sites for hydroxylation is 2. The lowest BCUT2D eigenvalue weighted by atomic mass is 10.1. The monoisotopic (exact) mass is 244 g/mol. The van der Waals surface area contributed by atoms with E-state index in [1.165, 1.54) is 17.5 Å². The van der Waals surface area contributed by atoms with E-state index in [2.05, 4.69) is 47.2 Å². The van der Waals surface area contributed by atoms with E-state index in [0.717, 1.165) is 5.56 Å². The minimum Gasteiger partial charge on any atom is -0.335 e. The number of hydrogen-bond acceptors (Lipinski definition) is 3. The Bertz CT molecular complexity index is 548. The van der Waals surface area contributed by atoms with Crippen molar-refractivity contribution in [2.75, 3.05) is 7.05 Å². The van der Waals surface area contributed by atoms with Gasteiger partial charge in [0.05, 0.1) is 0 Å². The van der Waals surface area contributed by atoms with Gasteiger partial charge in [-0.25, -0.2) is 4.98 Å². The summed E-state index contributed by atoms with van der Waals surface area (Å²) in [5.74, 6) is 0.106. The molecule has 5 heteroatoms. The minimum absolute atomic E-state index is 0.160. The molecule has 94 valence electrons. The zero-order valence-electron chi connectivity index (χ0n) is 10.8. The summed E-state index contributed by atoms with van der Waals surface area (Å²) < 4.78 is 0. The van der Waals surface area contributed by atoms with Gasteiger partial charge in [0, 0.05) is 13.6 Å². The van der Waals surface area contributed by atoms with Crippen molar-refractivity contribution < 1.29 is 4.79 Å². The highest BCUT2D eigenvalue weighted by Gasteiger charge is 2.15. The van der Waals surface area contributed by atoms with Crippen LogP contribution in [0.25, 0.3) is 0 Å². The molecule has 1 amide bonds. The zero-order chi connectivity index (χ0) is 13.1. The fourth-order valence-electron chi connectivity index (χ4n) is 1.84. The average Bonchev–Trinajstić information content (AvgIpc) is 2.85. The van der Waals surface area contributed by atoms with Crippen molar-refractivity contribution in [1.29, 1.82) is 0 Å². The first-order valence-corrected chi connectivity index (χ1v) is 5.75. The Morgan fingerprint density at radius 3 is 2.78 bits per heavy atom. The van der Waals surface area contributed by atoms with E-state index >= 15 is 0 Å². The van der Waals surface area contributed by atoms with Crippen LogP contribution in [-0.4, -0.2) is 33.0 Å². The first-order valence-electron chi connectivity index (χ1n) is 5.75. The number of H-pyrrole nitrogens is 1. The van der Waals surface area contributed by atoms with Gasteiger partial charge in [-0.05, 0) is 25.0 Å². The Morgan fingerprint density at radius 1 is 1.39 bits per heavy atom. The maximum absolute atomic E-state index is 12.0. The molecule has 0 saturated heterocycles. The van der Waals surface area contributed by atoms with Crippen molar-refractivity contribution in [2.24, 2.45) is 0 Å². The molecule has 1 aromatic carbocycles. The standard InChI is InChI=1S/C13H16N4O/c1-9-4-5-11(10(2)6-9)7-17(3)13(18)12-14-8-15-16-12/h4-6,8H,7H2,1-3H3,(H,14,15,16). The Hall–Kier alpha value is -2.17. The zero-order valence-corrected chi connectivity index (χ0v) is 10.8. The number of rotatable bonds is 3. The van der Waals surface area contributed by atoms with Gasteiger partial charge in [-0.1, -0.05) is 23.8 Å². The number of amides is 1. The van der Waals surface area contributed by atoms with E-state index in [1.807, 2.05) is 0 Å². The van der Waals surface area contributed by atoms with E-state index in [4.69, 9.17) is 0 Å².